The molecule has 12 heavy (non-hydrogen) atoms. The van der Waals surface area contributed by atoms with Crippen molar-refractivity contribution in [1.29, 1.82) is 0 Å². The Labute approximate surface area is 68.9 Å². The summed E-state index contributed by atoms with van der Waals surface area (Å²) in [4.78, 5) is 10.3. The average Bonchev–Trinajstić information content (AvgIpc) is 2.30. The van der Waals surface area contributed by atoms with E-state index in [9.17, 15) is 13.2 Å². The minimum atomic E-state index is -4.25. The highest BCUT2D eigenvalue weighted by molar-refractivity contribution is 7.86. The normalized spacial score (nSPS) is 30.4. The van der Waals surface area contributed by atoms with E-state index in [2.05, 4.69) is 4.74 Å². The van der Waals surface area contributed by atoms with Crippen LogP contribution in [0.5, 0.6) is 0 Å². The van der Waals surface area contributed by atoms with Crippen molar-refractivity contribution >= 4 is 16.1 Å². The average molecular weight is 196 g/mol. The summed E-state index contributed by atoms with van der Waals surface area (Å²) in [5, 5.41) is 8.40. The quantitative estimate of drug-likeness (QED) is 0.575. The van der Waals surface area contributed by atoms with E-state index in [1.807, 2.05) is 0 Å². The fourth-order valence-electron chi connectivity index (χ4n) is 1.01. The van der Waals surface area contributed by atoms with E-state index in [0.29, 0.717) is 0 Å². The summed E-state index contributed by atoms with van der Waals surface area (Å²) in [6.45, 7) is 0. The van der Waals surface area contributed by atoms with Gasteiger partial charge < -0.3 is 9.84 Å². The van der Waals surface area contributed by atoms with Crippen molar-refractivity contribution in [2.45, 2.75) is 24.4 Å². The largest absolute Gasteiger partial charge is 0.479 e. The zero-order valence-corrected chi connectivity index (χ0v) is 6.82. The summed E-state index contributed by atoms with van der Waals surface area (Å²) in [5.74, 6) is -1.21. The van der Waals surface area contributed by atoms with Crippen LogP contribution in [0.4, 0.5) is 0 Å². The van der Waals surface area contributed by atoms with Crippen LogP contribution in [0.25, 0.3) is 0 Å². The number of carboxylic acid groups (broad SMARTS) is 1. The molecule has 1 heterocycles. The second-order valence-electron chi connectivity index (χ2n) is 2.48. The minimum Gasteiger partial charge on any atom is -0.479 e. The van der Waals surface area contributed by atoms with Gasteiger partial charge in [-0.25, -0.2) is 4.79 Å². The first-order valence-electron chi connectivity index (χ1n) is 3.26. The van der Waals surface area contributed by atoms with Crippen LogP contribution < -0.4 is 0 Å². The number of hydrogen-bond donors (Lipinski definition) is 2. The van der Waals surface area contributed by atoms with E-state index in [4.69, 9.17) is 9.66 Å². The molecule has 2 atom stereocenters. The Morgan fingerprint density at radius 1 is 1.42 bits per heavy atom. The van der Waals surface area contributed by atoms with Crippen LogP contribution in [-0.2, 0) is 19.6 Å². The first-order valence-corrected chi connectivity index (χ1v) is 4.76. The number of carbonyl (C=O) groups is 1. The molecule has 1 fully saturated rings. The van der Waals surface area contributed by atoms with Gasteiger partial charge in [-0.2, -0.15) is 8.42 Å². The van der Waals surface area contributed by atoms with Crippen molar-refractivity contribution in [1.82, 2.24) is 0 Å². The van der Waals surface area contributed by atoms with Crippen molar-refractivity contribution in [3.63, 3.8) is 0 Å². The van der Waals surface area contributed by atoms with Gasteiger partial charge in [-0.3, -0.25) is 4.55 Å². The molecule has 0 aromatic carbocycles. The molecule has 0 spiro atoms. The van der Waals surface area contributed by atoms with Crippen LogP contribution in [0.2, 0.25) is 0 Å². The first-order chi connectivity index (χ1) is 5.41. The van der Waals surface area contributed by atoms with Gasteiger partial charge in [0.25, 0.3) is 10.1 Å². The van der Waals surface area contributed by atoms with Crippen molar-refractivity contribution in [3.8, 4) is 0 Å². The van der Waals surface area contributed by atoms with Crippen molar-refractivity contribution in [3.05, 3.63) is 0 Å². The molecule has 0 aromatic heterocycles. The fraction of sp³-hybridized carbons (Fsp3) is 0.800. The number of rotatable bonds is 2. The van der Waals surface area contributed by atoms with Crippen molar-refractivity contribution in [2.24, 2.45) is 0 Å². The van der Waals surface area contributed by atoms with Gasteiger partial charge in [-0.15, -0.1) is 0 Å². The van der Waals surface area contributed by atoms with E-state index >= 15 is 0 Å². The number of hydrogen-bond acceptors (Lipinski definition) is 4. The third kappa shape index (κ3) is 1.93. The molecule has 0 amide bonds. The second-order valence-corrected chi connectivity index (χ2v) is 4.04. The smallest absolute Gasteiger partial charge is 0.332 e. The SMILES string of the molecule is O=C(O)[C@H]1CC[C@@H](S(=O)(=O)O)O1. The topological polar surface area (TPSA) is 101 Å². The van der Waals surface area contributed by atoms with Gasteiger partial charge in [-0.05, 0) is 12.8 Å². The highest BCUT2D eigenvalue weighted by Crippen LogP contribution is 2.22. The van der Waals surface area contributed by atoms with Crippen LogP contribution in [0.15, 0.2) is 0 Å². The summed E-state index contributed by atoms with van der Waals surface area (Å²) in [6.07, 6.45) is -0.979. The maximum atomic E-state index is 10.4. The Morgan fingerprint density at radius 2 is 2.00 bits per heavy atom. The van der Waals surface area contributed by atoms with Gasteiger partial charge in [0.1, 0.15) is 0 Å². The van der Waals surface area contributed by atoms with E-state index < -0.39 is 27.6 Å². The molecular formula is C5H8O6S. The number of ether oxygens (including phenoxy) is 1. The number of carboxylic acids is 1. The molecule has 1 aliphatic rings. The molecule has 7 heteroatoms. The molecule has 0 unspecified atom stereocenters. The lowest BCUT2D eigenvalue weighted by molar-refractivity contribution is -0.147. The standard InChI is InChI=1S/C5H8O6S/c6-5(7)3-1-2-4(11-3)12(8,9)10/h3-4H,1-2H2,(H,6,7)(H,8,9,10)/t3-,4-/m1/s1. The summed E-state index contributed by atoms with van der Waals surface area (Å²) >= 11 is 0. The van der Waals surface area contributed by atoms with Gasteiger partial charge in [0, 0.05) is 0 Å². The van der Waals surface area contributed by atoms with Crippen LogP contribution >= 0.6 is 0 Å². The Bertz CT molecular complexity index is 280. The molecule has 6 nitrogen and oxygen atoms in total. The van der Waals surface area contributed by atoms with E-state index in [0.717, 1.165) is 0 Å². The highest BCUT2D eigenvalue weighted by Gasteiger charge is 2.37. The molecule has 2 N–H and O–H groups in total. The molecule has 0 saturated carbocycles. The maximum absolute atomic E-state index is 10.4. The van der Waals surface area contributed by atoms with Crippen molar-refractivity contribution < 1.29 is 27.6 Å². The zero-order chi connectivity index (χ0) is 9.35. The van der Waals surface area contributed by atoms with Gasteiger partial charge in [0.15, 0.2) is 11.5 Å². The molecule has 0 bridgehead atoms. The maximum Gasteiger partial charge on any atom is 0.332 e. The fourth-order valence-corrected chi connectivity index (χ4v) is 1.72. The monoisotopic (exact) mass is 196 g/mol. The van der Waals surface area contributed by atoms with E-state index in [1.165, 1.54) is 0 Å². The lowest BCUT2D eigenvalue weighted by Crippen LogP contribution is -2.24. The van der Waals surface area contributed by atoms with Gasteiger partial charge in [0.2, 0.25) is 0 Å². The van der Waals surface area contributed by atoms with Crippen LogP contribution in [0.1, 0.15) is 12.8 Å². The van der Waals surface area contributed by atoms with Crippen LogP contribution in [-0.4, -0.2) is 35.6 Å². The lowest BCUT2D eigenvalue weighted by Gasteiger charge is -2.06. The molecule has 1 aliphatic heterocycles. The third-order valence-electron chi connectivity index (χ3n) is 1.59. The summed E-state index contributed by atoms with van der Waals surface area (Å²) in [5.41, 5.74) is -1.38. The summed E-state index contributed by atoms with van der Waals surface area (Å²) in [7, 11) is -4.25. The van der Waals surface area contributed by atoms with Gasteiger partial charge in [-0.1, -0.05) is 0 Å². The number of aliphatic carboxylic acids is 1. The molecule has 70 valence electrons. The van der Waals surface area contributed by atoms with E-state index in [-0.39, 0.29) is 12.8 Å². The predicted octanol–water partition coefficient (Wildman–Crippen LogP) is -0.536. The molecule has 0 aromatic rings. The zero-order valence-electron chi connectivity index (χ0n) is 6.00. The molecular weight excluding hydrogens is 188 g/mol. The third-order valence-corrected chi connectivity index (χ3v) is 2.60. The molecule has 1 saturated heterocycles. The van der Waals surface area contributed by atoms with Crippen molar-refractivity contribution in [2.75, 3.05) is 0 Å². The molecule has 1 rings (SSSR count). The van der Waals surface area contributed by atoms with E-state index in [1.54, 1.807) is 0 Å². The minimum absolute atomic E-state index is 0.0236. The Kier molecular flexibility index (Phi) is 2.36. The molecule has 0 radical (unpaired) electrons. The molecule has 0 aliphatic carbocycles. The Morgan fingerprint density at radius 3 is 2.25 bits per heavy atom. The lowest BCUT2D eigenvalue weighted by atomic mass is 10.2. The van der Waals surface area contributed by atoms with Gasteiger partial charge >= 0.3 is 5.97 Å². The van der Waals surface area contributed by atoms with Crippen LogP contribution in [0.3, 0.4) is 0 Å². The first kappa shape index (κ1) is 9.43. The summed E-state index contributed by atoms with van der Waals surface area (Å²) in [6, 6.07) is 0. The Balaban J connectivity index is 2.64. The van der Waals surface area contributed by atoms with Crippen LogP contribution in [0, 0.1) is 0 Å². The highest BCUT2D eigenvalue weighted by atomic mass is 32.2. The van der Waals surface area contributed by atoms with Gasteiger partial charge in [0.05, 0.1) is 0 Å². The predicted molar refractivity (Wildman–Crippen MR) is 37.1 cm³/mol. The summed E-state index contributed by atoms with van der Waals surface area (Å²) < 4.78 is 33.9. The Hall–Kier alpha value is -0.660. The second kappa shape index (κ2) is 3.00.